The summed E-state index contributed by atoms with van der Waals surface area (Å²) in [6.07, 6.45) is 5.10. The van der Waals surface area contributed by atoms with Crippen LogP contribution in [0.15, 0.2) is 73.1 Å². The first kappa shape index (κ1) is 25.7. The fourth-order valence-corrected chi connectivity index (χ4v) is 4.75. The molecule has 0 unspecified atom stereocenters. The minimum Gasteiger partial charge on any atom is -0.358 e. The van der Waals surface area contributed by atoms with Crippen LogP contribution in [-0.4, -0.2) is 27.7 Å². The van der Waals surface area contributed by atoms with Gasteiger partial charge in [0, 0.05) is 47.1 Å². The number of rotatable bonds is 7. The largest absolute Gasteiger partial charge is 0.358 e. The summed E-state index contributed by atoms with van der Waals surface area (Å²) in [5, 5.41) is 8.83. The first-order valence-corrected chi connectivity index (χ1v) is 12.7. The highest BCUT2D eigenvalue weighted by molar-refractivity contribution is 6.35. The molecule has 39 heavy (non-hydrogen) atoms. The molecule has 1 aliphatic heterocycles. The van der Waals surface area contributed by atoms with Gasteiger partial charge in [0.1, 0.15) is 0 Å². The SMILES string of the molecule is Cc1[nH]c(/C=C2\C(=O)Nc3ccc(C(=O)N[C@H](C)c4ccccc4)cc32)c(C)c1C(=O)NCc1ccncc1. The topological polar surface area (TPSA) is 116 Å². The monoisotopic (exact) mass is 519 g/mol. The third kappa shape index (κ3) is 5.36. The Kier molecular flexibility index (Phi) is 7.10. The summed E-state index contributed by atoms with van der Waals surface area (Å²) in [6.45, 7) is 5.98. The molecule has 2 aromatic carbocycles. The number of aryl methyl sites for hydroxylation is 1. The summed E-state index contributed by atoms with van der Waals surface area (Å²) in [5.41, 5.74) is 6.73. The van der Waals surface area contributed by atoms with E-state index in [0.29, 0.717) is 45.9 Å². The fraction of sp³-hybridized carbons (Fsp3) is 0.161. The quantitative estimate of drug-likeness (QED) is 0.259. The van der Waals surface area contributed by atoms with Gasteiger partial charge in [-0.1, -0.05) is 30.3 Å². The molecule has 8 nitrogen and oxygen atoms in total. The molecule has 8 heteroatoms. The molecule has 5 rings (SSSR count). The van der Waals surface area contributed by atoms with Crippen molar-refractivity contribution >= 4 is 35.1 Å². The van der Waals surface area contributed by atoms with Crippen LogP contribution in [0.3, 0.4) is 0 Å². The summed E-state index contributed by atoms with van der Waals surface area (Å²) in [6, 6.07) is 18.4. The number of H-pyrrole nitrogens is 1. The van der Waals surface area contributed by atoms with Gasteiger partial charge in [-0.15, -0.1) is 0 Å². The van der Waals surface area contributed by atoms with E-state index in [0.717, 1.165) is 16.7 Å². The third-order valence-corrected chi connectivity index (χ3v) is 6.91. The zero-order chi connectivity index (χ0) is 27.5. The molecule has 0 aliphatic carbocycles. The number of carbonyl (C=O) groups is 3. The van der Waals surface area contributed by atoms with Gasteiger partial charge < -0.3 is 20.9 Å². The van der Waals surface area contributed by atoms with E-state index in [1.807, 2.05) is 63.2 Å². The van der Waals surface area contributed by atoms with E-state index < -0.39 is 0 Å². The van der Waals surface area contributed by atoms with Crippen molar-refractivity contribution in [3.05, 3.63) is 118 Å². The molecule has 0 saturated carbocycles. The second-order valence-electron chi connectivity index (χ2n) is 9.58. The summed E-state index contributed by atoms with van der Waals surface area (Å²) in [7, 11) is 0. The van der Waals surface area contributed by atoms with Gasteiger partial charge in [-0.25, -0.2) is 0 Å². The summed E-state index contributed by atoms with van der Waals surface area (Å²) in [5.74, 6) is -0.700. The summed E-state index contributed by atoms with van der Waals surface area (Å²) >= 11 is 0. The average Bonchev–Trinajstić information content (AvgIpc) is 3.41. The maximum Gasteiger partial charge on any atom is 0.256 e. The molecule has 0 radical (unpaired) electrons. The lowest BCUT2D eigenvalue weighted by Crippen LogP contribution is -2.26. The molecular weight excluding hydrogens is 490 g/mol. The lowest BCUT2D eigenvalue weighted by Gasteiger charge is -2.14. The highest BCUT2D eigenvalue weighted by Crippen LogP contribution is 2.35. The lowest BCUT2D eigenvalue weighted by atomic mass is 10.0. The lowest BCUT2D eigenvalue weighted by molar-refractivity contribution is -0.110. The predicted molar refractivity (Wildman–Crippen MR) is 151 cm³/mol. The molecular formula is C31H29N5O3. The maximum atomic E-state index is 13.0. The highest BCUT2D eigenvalue weighted by atomic mass is 16.2. The number of nitrogens with zero attached hydrogens (tertiary/aromatic N) is 1. The fourth-order valence-electron chi connectivity index (χ4n) is 4.75. The first-order chi connectivity index (χ1) is 18.8. The van der Waals surface area contributed by atoms with E-state index in [2.05, 4.69) is 25.9 Å². The number of carbonyl (C=O) groups excluding carboxylic acids is 3. The van der Waals surface area contributed by atoms with Gasteiger partial charge in [0.25, 0.3) is 17.7 Å². The minimum atomic E-state index is -0.268. The molecule has 3 heterocycles. The van der Waals surface area contributed by atoms with Crippen molar-refractivity contribution in [2.24, 2.45) is 0 Å². The van der Waals surface area contributed by atoms with E-state index in [4.69, 9.17) is 0 Å². The van der Waals surface area contributed by atoms with Crippen LogP contribution in [-0.2, 0) is 11.3 Å². The highest BCUT2D eigenvalue weighted by Gasteiger charge is 2.27. The van der Waals surface area contributed by atoms with Crippen LogP contribution in [0.25, 0.3) is 11.6 Å². The zero-order valence-electron chi connectivity index (χ0n) is 22.0. The van der Waals surface area contributed by atoms with E-state index in [1.165, 1.54) is 0 Å². The Hall–Kier alpha value is -4.98. The molecule has 0 spiro atoms. The molecule has 0 saturated heterocycles. The minimum absolute atomic E-state index is 0.172. The van der Waals surface area contributed by atoms with Gasteiger partial charge in [-0.05, 0) is 73.9 Å². The van der Waals surface area contributed by atoms with Crippen LogP contribution in [0.5, 0.6) is 0 Å². The standard InChI is InChI=1S/C31H29N5O3/c1-18-27(34-20(3)28(18)31(39)33-17-21-11-13-32-14-12-21)16-25-24-15-23(9-10-26(24)36-30(25)38)29(37)35-19(2)22-7-5-4-6-8-22/h4-16,19,34H,17H2,1-3H3,(H,33,39)(H,35,37)(H,36,38)/b25-16-/t19-/m1/s1. The number of aromatic amines is 1. The van der Waals surface area contributed by atoms with Crippen molar-refractivity contribution in [1.29, 1.82) is 0 Å². The number of nitrogens with one attached hydrogen (secondary N) is 4. The Balaban J connectivity index is 1.38. The number of hydrogen-bond acceptors (Lipinski definition) is 4. The van der Waals surface area contributed by atoms with E-state index in [9.17, 15) is 14.4 Å². The van der Waals surface area contributed by atoms with E-state index >= 15 is 0 Å². The van der Waals surface area contributed by atoms with Crippen LogP contribution in [0, 0.1) is 13.8 Å². The van der Waals surface area contributed by atoms with Crippen LogP contribution in [0.1, 0.15) is 67.3 Å². The Morgan fingerprint density at radius 1 is 1.00 bits per heavy atom. The number of fused-ring (bicyclic) bond motifs is 1. The molecule has 196 valence electrons. The molecule has 2 aromatic heterocycles. The second kappa shape index (κ2) is 10.8. The van der Waals surface area contributed by atoms with Crippen LogP contribution >= 0.6 is 0 Å². The third-order valence-electron chi connectivity index (χ3n) is 6.91. The number of anilines is 1. The van der Waals surface area contributed by atoms with Crippen molar-refractivity contribution in [2.75, 3.05) is 5.32 Å². The summed E-state index contributed by atoms with van der Waals surface area (Å²) in [4.78, 5) is 46.2. The average molecular weight is 520 g/mol. The van der Waals surface area contributed by atoms with Crippen molar-refractivity contribution in [1.82, 2.24) is 20.6 Å². The number of pyridine rings is 1. The Bertz CT molecular complexity index is 1590. The van der Waals surface area contributed by atoms with Gasteiger partial charge in [-0.2, -0.15) is 0 Å². The van der Waals surface area contributed by atoms with E-state index in [1.54, 1.807) is 36.7 Å². The first-order valence-electron chi connectivity index (χ1n) is 12.7. The van der Waals surface area contributed by atoms with Crippen molar-refractivity contribution in [3.63, 3.8) is 0 Å². The maximum absolute atomic E-state index is 13.0. The smallest absolute Gasteiger partial charge is 0.256 e. The van der Waals surface area contributed by atoms with Gasteiger partial charge >= 0.3 is 0 Å². The number of hydrogen-bond donors (Lipinski definition) is 4. The molecule has 1 aliphatic rings. The van der Waals surface area contributed by atoms with Crippen molar-refractivity contribution in [3.8, 4) is 0 Å². The van der Waals surface area contributed by atoms with Gasteiger partial charge in [0.05, 0.1) is 17.2 Å². The molecule has 4 N–H and O–H groups in total. The molecule has 4 aromatic rings. The zero-order valence-corrected chi connectivity index (χ0v) is 22.0. The molecule has 0 bridgehead atoms. The number of benzene rings is 2. The van der Waals surface area contributed by atoms with Crippen molar-refractivity contribution in [2.45, 2.75) is 33.4 Å². The second-order valence-corrected chi connectivity index (χ2v) is 9.58. The Morgan fingerprint density at radius 3 is 2.49 bits per heavy atom. The van der Waals surface area contributed by atoms with Crippen LogP contribution in [0.2, 0.25) is 0 Å². The van der Waals surface area contributed by atoms with E-state index in [-0.39, 0.29) is 23.8 Å². The number of amides is 3. The normalized spacial score (nSPS) is 14.0. The van der Waals surface area contributed by atoms with Gasteiger partial charge in [0.2, 0.25) is 0 Å². The van der Waals surface area contributed by atoms with Gasteiger partial charge in [-0.3, -0.25) is 19.4 Å². The molecule has 3 amide bonds. The predicted octanol–water partition coefficient (Wildman–Crippen LogP) is 4.94. The van der Waals surface area contributed by atoms with Crippen molar-refractivity contribution < 1.29 is 14.4 Å². The molecule has 0 fully saturated rings. The summed E-state index contributed by atoms with van der Waals surface area (Å²) < 4.78 is 0. The van der Waals surface area contributed by atoms with Crippen LogP contribution < -0.4 is 16.0 Å². The Morgan fingerprint density at radius 2 is 1.74 bits per heavy atom. The Labute approximate surface area is 226 Å². The molecule has 1 atom stereocenters. The van der Waals surface area contributed by atoms with Crippen LogP contribution in [0.4, 0.5) is 5.69 Å². The number of aromatic nitrogens is 2. The van der Waals surface area contributed by atoms with Gasteiger partial charge in [0.15, 0.2) is 0 Å².